The van der Waals surface area contributed by atoms with Crippen molar-refractivity contribution in [2.45, 2.75) is 45.1 Å². The Bertz CT molecular complexity index is 669. The minimum atomic E-state index is -0.304. The first-order valence-electron chi connectivity index (χ1n) is 9.13. The van der Waals surface area contributed by atoms with Gasteiger partial charge in [-0.25, -0.2) is 4.39 Å². The van der Waals surface area contributed by atoms with Gasteiger partial charge in [0.15, 0.2) is 0 Å². The van der Waals surface area contributed by atoms with Gasteiger partial charge in [-0.2, -0.15) is 0 Å². The van der Waals surface area contributed by atoms with Crippen LogP contribution in [0.3, 0.4) is 0 Å². The van der Waals surface area contributed by atoms with Crippen molar-refractivity contribution in [3.63, 3.8) is 0 Å². The van der Waals surface area contributed by atoms with Crippen LogP contribution in [0.1, 0.15) is 44.6 Å². The van der Waals surface area contributed by atoms with E-state index in [1.54, 1.807) is 17.0 Å². The second-order valence-electron chi connectivity index (χ2n) is 6.72. The fourth-order valence-corrected chi connectivity index (χ4v) is 3.70. The molecule has 1 aromatic rings. The van der Waals surface area contributed by atoms with Gasteiger partial charge in [-0.05, 0) is 49.0 Å². The maximum Gasteiger partial charge on any atom is 0.245 e. The van der Waals surface area contributed by atoms with Crippen molar-refractivity contribution in [2.24, 2.45) is 0 Å². The largest absolute Gasteiger partial charge is 0.337 e. The monoisotopic (exact) mass is 344 g/mol. The van der Waals surface area contributed by atoms with E-state index < -0.39 is 0 Å². The molecule has 0 bridgehead atoms. The average molecular weight is 344 g/mol. The molecular formula is C20H25FN2O2. The maximum atomic E-state index is 13.1. The van der Waals surface area contributed by atoms with Crippen molar-refractivity contribution >= 4 is 17.4 Å². The molecular weight excluding hydrogens is 319 g/mol. The van der Waals surface area contributed by atoms with Crippen LogP contribution in [0.15, 0.2) is 30.3 Å². The van der Waals surface area contributed by atoms with Crippen LogP contribution in [0.25, 0.3) is 5.57 Å². The molecule has 2 heterocycles. The summed E-state index contributed by atoms with van der Waals surface area (Å²) in [5.74, 6) is -0.108. The third kappa shape index (κ3) is 3.91. The molecule has 4 nitrogen and oxygen atoms in total. The molecule has 2 aliphatic rings. The summed E-state index contributed by atoms with van der Waals surface area (Å²) in [5, 5.41) is 0. The third-order valence-electron chi connectivity index (χ3n) is 5.15. The van der Waals surface area contributed by atoms with Crippen LogP contribution in [0, 0.1) is 5.82 Å². The molecule has 1 aromatic carbocycles. The highest BCUT2D eigenvalue weighted by molar-refractivity contribution is 5.88. The van der Waals surface area contributed by atoms with Gasteiger partial charge in [0.2, 0.25) is 11.8 Å². The number of amides is 2. The average Bonchev–Trinajstić information content (AvgIpc) is 2.67. The molecule has 1 unspecified atom stereocenters. The van der Waals surface area contributed by atoms with Crippen LogP contribution < -0.4 is 0 Å². The van der Waals surface area contributed by atoms with Crippen LogP contribution in [0.4, 0.5) is 4.39 Å². The highest BCUT2D eigenvalue weighted by Crippen LogP contribution is 2.25. The van der Waals surface area contributed by atoms with E-state index in [1.165, 1.54) is 12.1 Å². The number of halogens is 1. The van der Waals surface area contributed by atoms with Crippen molar-refractivity contribution in [3.05, 3.63) is 41.7 Å². The Kier molecular flexibility index (Phi) is 5.51. The zero-order valence-electron chi connectivity index (χ0n) is 14.7. The molecule has 25 heavy (non-hydrogen) atoms. The van der Waals surface area contributed by atoms with Crippen LogP contribution in [-0.2, 0) is 9.59 Å². The number of carbonyl (C=O) groups excluding carboxylic acids is 2. The van der Waals surface area contributed by atoms with Crippen molar-refractivity contribution in [1.29, 1.82) is 0 Å². The van der Waals surface area contributed by atoms with Gasteiger partial charge in [-0.3, -0.25) is 9.59 Å². The van der Waals surface area contributed by atoms with Gasteiger partial charge < -0.3 is 9.80 Å². The van der Waals surface area contributed by atoms with Crippen molar-refractivity contribution in [3.8, 4) is 0 Å². The predicted octanol–water partition coefficient (Wildman–Crippen LogP) is 3.23. The Hall–Kier alpha value is -2.17. The number of hydrogen-bond donors (Lipinski definition) is 0. The summed E-state index contributed by atoms with van der Waals surface area (Å²) < 4.78 is 13.1. The molecule has 1 fully saturated rings. The van der Waals surface area contributed by atoms with Gasteiger partial charge in [-0.1, -0.05) is 25.1 Å². The molecule has 0 aromatic heterocycles. The summed E-state index contributed by atoms with van der Waals surface area (Å²) in [6, 6.07) is 6.18. The fraction of sp³-hybridized carbons (Fsp3) is 0.500. The summed E-state index contributed by atoms with van der Waals surface area (Å²) in [6.45, 7) is 3.73. The summed E-state index contributed by atoms with van der Waals surface area (Å²) in [4.78, 5) is 28.7. The van der Waals surface area contributed by atoms with Crippen LogP contribution in [0.2, 0.25) is 0 Å². The van der Waals surface area contributed by atoms with Gasteiger partial charge in [0, 0.05) is 26.1 Å². The number of benzene rings is 1. The number of nitrogens with zero attached hydrogens (tertiary/aromatic N) is 2. The van der Waals surface area contributed by atoms with Crippen LogP contribution in [0.5, 0.6) is 0 Å². The Morgan fingerprint density at radius 1 is 1.16 bits per heavy atom. The van der Waals surface area contributed by atoms with Crippen LogP contribution >= 0.6 is 0 Å². The molecule has 134 valence electrons. The number of piperidine rings is 1. The van der Waals surface area contributed by atoms with E-state index >= 15 is 0 Å². The molecule has 1 atom stereocenters. The zero-order valence-corrected chi connectivity index (χ0v) is 14.7. The van der Waals surface area contributed by atoms with Gasteiger partial charge >= 0.3 is 0 Å². The molecule has 2 amide bonds. The SMILES string of the molecule is CCC(=O)N1CCCCC1C(=O)N1CC=C(c2ccc(F)cc2)CC1. The van der Waals surface area contributed by atoms with E-state index in [1.807, 2.05) is 17.9 Å². The zero-order chi connectivity index (χ0) is 17.8. The van der Waals surface area contributed by atoms with Crippen molar-refractivity contribution < 1.29 is 14.0 Å². The van der Waals surface area contributed by atoms with E-state index in [0.717, 1.165) is 36.8 Å². The second-order valence-corrected chi connectivity index (χ2v) is 6.72. The topological polar surface area (TPSA) is 40.6 Å². The van der Waals surface area contributed by atoms with Crippen LogP contribution in [-0.4, -0.2) is 47.3 Å². The molecule has 0 spiro atoms. The quantitative estimate of drug-likeness (QED) is 0.845. The lowest BCUT2D eigenvalue weighted by atomic mass is 9.97. The molecule has 0 N–H and O–H groups in total. The molecule has 2 aliphatic heterocycles. The Balaban J connectivity index is 1.67. The van der Waals surface area contributed by atoms with Gasteiger partial charge in [0.05, 0.1) is 0 Å². The number of rotatable bonds is 3. The molecule has 0 radical (unpaired) electrons. The van der Waals surface area contributed by atoms with E-state index in [0.29, 0.717) is 26.1 Å². The lowest BCUT2D eigenvalue weighted by Crippen LogP contribution is -2.53. The first-order valence-corrected chi connectivity index (χ1v) is 9.13. The number of hydrogen-bond acceptors (Lipinski definition) is 2. The third-order valence-corrected chi connectivity index (χ3v) is 5.15. The highest BCUT2D eigenvalue weighted by atomic mass is 19.1. The van der Waals surface area contributed by atoms with Gasteiger partial charge in [0.25, 0.3) is 0 Å². The number of carbonyl (C=O) groups is 2. The summed E-state index contributed by atoms with van der Waals surface area (Å²) in [6.07, 6.45) is 5.97. The first kappa shape index (κ1) is 17.6. The van der Waals surface area contributed by atoms with Crippen molar-refractivity contribution in [2.75, 3.05) is 19.6 Å². The number of likely N-dealkylation sites (tertiary alicyclic amines) is 1. The van der Waals surface area contributed by atoms with Gasteiger partial charge in [-0.15, -0.1) is 0 Å². The molecule has 5 heteroatoms. The summed E-state index contributed by atoms with van der Waals surface area (Å²) in [7, 11) is 0. The normalized spacial score (nSPS) is 21.0. The minimum Gasteiger partial charge on any atom is -0.337 e. The summed E-state index contributed by atoms with van der Waals surface area (Å²) >= 11 is 0. The van der Waals surface area contributed by atoms with E-state index in [9.17, 15) is 14.0 Å². The smallest absolute Gasteiger partial charge is 0.245 e. The Morgan fingerprint density at radius 2 is 1.92 bits per heavy atom. The minimum absolute atomic E-state index is 0.0657. The standard InChI is InChI=1S/C20H25FN2O2/c1-2-19(24)23-12-4-3-5-18(23)20(25)22-13-10-16(11-14-22)15-6-8-17(21)9-7-15/h6-10,18H,2-5,11-14H2,1H3. The fourth-order valence-electron chi connectivity index (χ4n) is 3.70. The predicted molar refractivity (Wildman–Crippen MR) is 95.2 cm³/mol. The molecule has 0 saturated carbocycles. The summed E-state index contributed by atoms with van der Waals surface area (Å²) in [5.41, 5.74) is 2.16. The molecule has 3 rings (SSSR count). The Morgan fingerprint density at radius 3 is 2.56 bits per heavy atom. The van der Waals surface area contributed by atoms with E-state index in [2.05, 4.69) is 0 Å². The van der Waals surface area contributed by atoms with Gasteiger partial charge in [0.1, 0.15) is 11.9 Å². The van der Waals surface area contributed by atoms with Crippen molar-refractivity contribution in [1.82, 2.24) is 9.80 Å². The van der Waals surface area contributed by atoms with E-state index in [4.69, 9.17) is 0 Å². The first-order chi connectivity index (χ1) is 12.1. The Labute approximate surface area is 148 Å². The highest BCUT2D eigenvalue weighted by Gasteiger charge is 2.34. The second kappa shape index (κ2) is 7.81. The lowest BCUT2D eigenvalue weighted by molar-refractivity contribution is -0.147. The molecule has 1 saturated heterocycles. The molecule has 0 aliphatic carbocycles. The lowest BCUT2D eigenvalue weighted by Gasteiger charge is -2.38. The maximum absolute atomic E-state index is 13.1. The van der Waals surface area contributed by atoms with E-state index in [-0.39, 0.29) is 23.7 Å².